The van der Waals surface area contributed by atoms with Crippen molar-refractivity contribution in [2.75, 3.05) is 5.75 Å². The van der Waals surface area contributed by atoms with Gasteiger partial charge in [-0.3, -0.25) is 0 Å². The Hall–Kier alpha value is -0.540. The first-order valence-electron chi connectivity index (χ1n) is 5.91. The summed E-state index contributed by atoms with van der Waals surface area (Å²) in [6.07, 6.45) is 5.45. The third-order valence-corrected chi connectivity index (χ3v) is 4.54. The van der Waals surface area contributed by atoms with Crippen molar-refractivity contribution in [1.29, 1.82) is 0 Å². The summed E-state index contributed by atoms with van der Waals surface area (Å²) in [6.45, 7) is 0.421. The van der Waals surface area contributed by atoms with Gasteiger partial charge in [0.25, 0.3) is 0 Å². The monoisotopic (exact) mass is 239 g/mol. The Labute approximate surface area is 101 Å². The van der Waals surface area contributed by atoms with Crippen molar-refractivity contribution < 1.29 is 4.39 Å². The molecular formula is C13H18FNS. The Morgan fingerprint density at radius 1 is 1.31 bits per heavy atom. The number of hydrogen-bond donors (Lipinski definition) is 1. The molecule has 1 aliphatic carbocycles. The first-order valence-corrected chi connectivity index (χ1v) is 6.89. The number of hydrogen-bond acceptors (Lipinski definition) is 2. The van der Waals surface area contributed by atoms with E-state index in [4.69, 9.17) is 5.73 Å². The molecule has 1 saturated carbocycles. The molecular weight excluding hydrogens is 221 g/mol. The second-order valence-corrected chi connectivity index (χ2v) is 5.48. The van der Waals surface area contributed by atoms with Gasteiger partial charge in [-0.25, -0.2) is 4.39 Å². The SMILES string of the molecule is NCc1cc(F)ccc1SCC1CCCC1. The summed E-state index contributed by atoms with van der Waals surface area (Å²) >= 11 is 1.83. The van der Waals surface area contributed by atoms with Crippen LogP contribution in [-0.4, -0.2) is 5.75 Å². The maximum Gasteiger partial charge on any atom is 0.123 e. The van der Waals surface area contributed by atoms with Crippen LogP contribution in [0.1, 0.15) is 31.2 Å². The van der Waals surface area contributed by atoms with E-state index in [0.717, 1.165) is 22.1 Å². The fourth-order valence-corrected chi connectivity index (χ4v) is 3.47. The molecule has 0 aliphatic heterocycles. The van der Waals surface area contributed by atoms with Gasteiger partial charge in [0.2, 0.25) is 0 Å². The molecule has 0 bridgehead atoms. The summed E-state index contributed by atoms with van der Waals surface area (Å²) in [5, 5.41) is 0. The predicted molar refractivity (Wildman–Crippen MR) is 67.0 cm³/mol. The highest BCUT2D eigenvalue weighted by Gasteiger charge is 2.15. The normalized spacial score (nSPS) is 16.9. The lowest BCUT2D eigenvalue weighted by molar-refractivity contribution is 0.620. The number of rotatable bonds is 4. The van der Waals surface area contributed by atoms with Gasteiger partial charge in [0, 0.05) is 17.2 Å². The van der Waals surface area contributed by atoms with Crippen LogP contribution in [0.25, 0.3) is 0 Å². The van der Waals surface area contributed by atoms with Crippen molar-refractivity contribution in [3.63, 3.8) is 0 Å². The lowest BCUT2D eigenvalue weighted by atomic mass is 10.1. The molecule has 1 aromatic rings. The summed E-state index contributed by atoms with van der Waals surface area (Å²) in [6, 6.07) is 4.93. The van der Waals surface area contributed by atoms with Gasteiger partial charge in [0.15, 0.2) is 0 Å². The minimum absolute atomic E-state index is 0.189. The standard InChI is InChI=1S/C13H18FNS/c14-12-5-6-13(11(7-12)8-15)16-9-10-3-1-2-4-10/h5-7,10H,1-4,8-9,15H2. The molecule has 1 nitrogen and oxygen atoms in total. The number of halogens is 1. The maximum absolute atomic E-state index is 13.0. The van der Waals surface area contributed by atoms with Crippen molar-refractivity contribution in [3.05, 3.63) is 29.6 Å². The van der Waals surface area contributed by atoms with E-state index in [1.165, 1.54) is 31.7 Å². The molecule has 0 aromatic heterocycles. The molecule has 2 N–H and O–H groups in total. The van der Waals surface area contributed by atoms with E-state index in [2.05, 4.69) is 0 Å². The van der Waals surface area contributed by atoms with E-state index >= 15 is 0 Å². The molecule has 0 saturated heterocycles. The average molecular weight is 239 g/mol. The molecule has 16 heavy (non-hydrogen) atoms. The van der Waals surface area contributed by atoms with Crippen LogP contribution in [0.3, 0.4) is 0 Å². The Morgan fingerprint density at radius 2 is 2.06 bits per heavy atom. The van der Waals surface area contributed by atoms with Crippen molar-refractivity contribution in [2.24, 2.45) is 11.7 Å². The third kappa shape index (κ3) is 2.98. The maximum atomic E-state index is 13.0. The molecule has 2 rings (SSSR count). The molecule has 0 unspecified atom stereocenters. The number of benzene rings is 1. The van der Waals surface area contributed by atoms with Crippen molar-refractivity contribution in [1.82, 2.24) is 0 Å². The van der Waals surface area contributed by atoms with E-state index in [1.54, 1.807) is 6.07 Å². The second-order valence-electron chi connectivity index (χ2n) is 4.42. The van der Waals surface area contributed by atoms with Crippen molar-refractivity contribution in [2.45, 2.75) is 37.1 Å². The zero-order chi connectivity index (χ0) is 11.4. The van der Waals surface area contributed by atoms with Crippen LogP contribution in [0.2, 0.25) is 0 Å². The zero-order valence-corrected chi connectivity index (χ0v) is 10.2. The summed E-state index contributed by atoms with van der Waals surface area (Å²) in [5.41, 5.74) is 6.56. The minimum Gasteiger partial charge on any atom is -0.326 e. The topological polar surface area (TPSA) is 26.0 Å². The van der Waals surface area contributed by atoms with Crippen LogP contribution in [0.4, 0.5) is 4.39 Å². The molecule has 0 amide bonds. The van der Waals surface area contributed by atoms with E-state index < -0.39 is 0 Å². The molecule has 1 aromatic carbocycles. The molecule has 0 heterocycles. The average Bonchev–Trinajstić information content (AvgIpc) is 2.80. The van der Waals surface area contributed by atoms with Crippen molar-refractivity contribution >= 4 is 11.8 Å². The quantitative estimate of drug-likeness (QED) is 0.813. The molecule has 88 valence electrons. The van der Waals surface area contributed by atoms with E-state index in [9.17, 15) is 4.39 Å². The molecule has 0 spiro atoms. The van der Waals surface area contributed by atoms with Gasteiger partial charge in [-0.15, -0.1) is 11.8 Å². The van der Waals surface area contributed by atoms with Gasteiger partial charge in [-0.05, 0) is 42.5 Å². The largest absolute Gasteiger partial charge is 0.326 e. The fraction of sp³-hybridized carbons (Fsp3) is 0.538. The Balaban J connectivity index is 1.97. The van der Waals surface area contributed by atoms with Gasteiger partial charge >= 0.3 is 0 Å². The molecule has 1 aliphatic rings. The number of nitrogens with two attached hydrogens (primary N) is 1. The first kappa shape index (κ1) is 11.9. The smallest absolute Gasteiger partial charge is 0.123 e. The van der Waals surface area contributed by atoms with Crippen LogP contribution < -0.4 is 5.73 Å². The minimum atomic E-state index is -0.189. The fourth-order valence-electron chi connectivity index (χ4n) is 2.23. The summed E-state index contributed by atoms with van der Waals surface area (Å²) in [7, 11) is 0. The second kappa shape index (κ2) is 5.69. The predicted octanol–water partition coefficient (Wildman–Crippen LogP) is 3.57. The number of thioether (sulfide) groups is 1. The van der Waals surface area contributed by atoms with E-state index in [-0.39, 0.29) is 5.82 Å². The van der Waals surface area contributed by atoms with Gasteiger partial charge in [-0.1, -0.05) is 12.8 Å². The Bertz CT molecular complexity index is 348. The molecule has 3 heteroatoms. The lowest BCUT2D eigenvalue weighted by Gasteiger charge is -2.11. The highest BCUT2D eigenvalue weighted by Crippen LogP contribution is 2.32. The van der Waals surface area contributed by atoms with Crippen LogP contribution in [0, 0.1) is 11.7 Å². The highest BCUT2D eigenvalue weighted by molar-refractivity contribution is 7.99. The van der Waals surface area contributed by atoms with Crippen LogP contribution in [0.15, 0.2) is 23.1 Å². The van der Waals surface area contributed by atoms with Crippen LogP contribution in [-0.2, 0) is 6.54 Å². The summed E-state index contributed by atoms with van der Waals surface area (Å²) < 4.78 is 13.0. The molecule has 1 fully saturated rings. The first-order chi connectivity index (χ1) is 7.79. The lowest BCUT2D eigenvalue weighted by Crippen LogP contribution is -2.01. The van der Waals surface area contributed by atoms with Gasteiger partial charge in [0.1, 0.15) is 5.82 Å². The summed E-state index contributed by atoms with van der Waals surface area (Å²) in [5.74, 6) is 1.81. The van der Waals surface area contributed by atoms with Gasteiger partial charge in [0.05, 0.1) is 0 Å². The molecule has 0 radical (unpaired) electrons. The van der Waals surface area contributed by atoms with Gasteiger partial charge < -0.3 is 5.73 Å². The van der Waals surface area contributed by atoms with Crippen molar-refractivity contribution in [3.8, 4) is 0 Å². The Morgan fingerprint density at radius 3 is 2.75 bits per heavy atom. The summed E-state index contributed by atoms with van der Waals surface area (Å²) in [4.78, 5) is 1.15. The third-order valence-electron chi connectivity index (χ3n) is 3.19. The van der Waals surface area contributed by atoms with E-state index in [0.29, 0.717) is 6.54 Å². The van der Waals surface area contributed by atoms with Gasteiger partial charge in [-0.2, -0.15) is 0 Å². The van der Waals surface area contributed by atoms with Crippen LogP contribution >= 0.6 is 11.8 Å². The van der Waals surface area contributed by atoms with E-state index in [1.807, 2.05) is 17.8 Å². The Kier molecular flexibility index (Phi) is 4.24. The molecule has 0 atom stereocenters. The zero-order valence-electron chi connectivity index (χ0n) is 9.42. The van der Waals surface area contributed by atoms with Crippen LogP contribution in [0.5, 0.6) is 0 Å². The highest BCUT2D eigenvalue weighted by atomic mass is 32.2.